The normalized spacial score (nSPS) is 13.0. The van der Waals surface area contributed by atoms with E-state index < -0.39 is 0 Å². The van der Waals surface area contributed by atoms with Crippen molar-refractivity contribution in [1.82, 2.24) is 0 Å². The van der Waals surface area contributed by atoms with Crippen LogP contribution in [0, 0.1) is 5.92 Å². The van der Waals surface area contributed by atoms with Crippen molar-refractivity contribution >= 4 is 6.21 Å². The molecule has 0 N–H and O–H groups in total. The Morgan fingerprint density at radius 3 is 2.36 bits per heavy atom. The van der Waals surface area contributed by atoms with Gasteiger partial charge in [0.05, 0.1) is 0 Å². The molecular weight excluding hydrogens is 134 g/mol. The van der Waals surface area contributed by atoms with Gasteiger partial charge in [0.1, 0.15) is 0 Å². The number of hydrogen-bond donors (Lipinski definition) is 0. The minimum atomic E-state index is 0.441. The van der Waals surface area contributed by atoms with Crippen LogP contribution >= 0.6 is 0 Å². The van der Waals surface area contributed by atoms with E-state index in [0.29, 0.717) is 5.92 Å². The van der Waals surface area contributed by atoms with Gasteiger partial charge in [0.2, 0.25) is 0 Å². The molecule has 0 spiro atoms. The zero-order chi connectivity index (χ0) is 8.85. The van der Waals surface area contributed by atoms with E-state index in [2.05, 4.69) is 25.4 Å². The summed E-state index contributed by atoms with van der Waals surface area (Å²) in [6.45, 7) is 12.0. The van der Waals surface area contributed by atoms with Crippen molar-refractivity contribution in [1.29, 1.82) is 0 Å². The third kappa shape index (κ3) is 4.54. The Kier molecular flexibility index (Phi) is 4.51. The molecular formula is C10H17N. The Hall–Kier alpha value is -0.850. The van der Waals surface area contributed by atoms with Gasteiger partial charge in [-0.05, 0) is 25.3 Å². The second kappa shape index (κ2) is 4.89. The molecule has 0 aromatic heterocycles. The van der Waals surface area contributed by atoms with E-state index in [1.807, 2.05) is 26.1 Å². The number of aliphatic imine (C=N–C) groups is 1. The third-order valence-electron chi connectivity index (χ3n) is 1.56. The Morgan fingerprint density at radius 2 is 2.00 bits per heavy atom. The topological polar surface area (TPSA) is 12.4 Å². The zero-order valence-electron chi connectivity index (χ0n) is 7.89. The van der Waals surface area contributed by atoms with Gasteiger partial charge in [0.15, 0.2) is 0 Å². The zero-order valence-corrected chi connectivity index (χ0v) is 7.89. The fraction of sp³-hybridized carbons (Fsp3) is 0.500. The standard InChI is InChI=1S/C10H17N/c1-6-9(4)7-11-10(5)8(2)3/h6-8H,5H2,1-4H3/b9-6-,11-7?. The van der Waals surface area contributed by atoms with Crippen LogP contribution in [-0.4, -0.2) is 6.21 Å². The molecule has 0 aliphatic carbocycles. The SMILES string of the molecule is C=C(N=C/C(C)=C\C)C(C)C. The van der Waals surface area contributed by atoms with Gasteiger partial charge in [-0.15, -0.1) is 0 Å². The van der Waals surface area contributed by atoms with Gasteiger partial charge in [-0.1, -0.05) is 26.5 Å². The van der Waals surface area contributed by atoms with Crippen molar-refractivity contribution in [3.05, 3.63) is 23.9 Å². The van der Waals surface area contributed by atoms with Crippen molar-refractivity contribution in [3.63, 3.8) is 0 Å². The molecule has 0 rings (SSSR count). The molecule has 0 atom stereocenters. The van der Waals surface area contributed by atoms with Crippen LogP contribution in [0.1, 0.15) is 27.7 Å². The Morgan fingerprint density at radius 1 is 1.45 bits per heavy atom. The summed E-state index contributed by atoms with van der Waals surface area (Å²) in [5.74, 6) is 0.441. The summed E-state index contributed by atoms with van der Waals surface area (Å²) in [5.41, 5.74) is 2.11. The monoisotopic (exact) mass is 151 g/mol. The lowest BCUT2D eigenvalue weighted by Crippen LogP contribution is -1.89. The first-order valence-electron chi connectivity index (χ1n) is 3.93. The van der Waals surface area contributed by atoms with Crippen LogP contribution in [-0.2, 0) is 0 Å². The largest absolute Gasteiger partial charge is 0.261 e. The number of rotatable bonds is 3. The van der Waals surface area contributed by atoms with Gasteiger partial charge in [0.25, 0.3) is 0 Å². The molecule has 0 amide bonds. The lowest BCUT2D eigenvalue weighted by atomic mass is 10.2. The summed E-state index contributed by atoms with van der Waals surface area (Å²) in [4.78, 5) is 4.21. The Labute approximate surface area is 69.5 Å². The second-order valence-corrected chi connectivity index (χ2v) is 2.94. The summed E-state index contributed by atoms with van der Waals surface area (Å²) in [6.07, 6.45) is 3.87. The van der Waals surface area contributed by atoms with E-state index in [0.717, 1.165) is 5.70 Å². The summed E-state index contributed by atoms with van der Waals surface area (Å²) >= 11 is 0. The maximum absolute atomic E-state index is 4.21. The fourth-order valence-electron chi connectivity index (χ4n) is 0.408. The van der Waals surface area contributed by atoms with Gasteiger partial charge in [-0.3, -0.25) is 4.99 Å². The quantitative estimate of drug-likeness (QED) is 0.549. The molecule has 0 bridgehead atoms. The molecule has 0 saturated carbocycles. The maximum atomic E-state index is 4.21. The number of allylic oxidation sites excluding steroid dienone is 3. The molecule has 0 aliphatic heterocycles. The van der Waals surface area contributed by atoms with Crippen molar-refractivity contribution in [3.8, 4) is 0 Å². The lowest BCUT2D eigenvalue weighted by Gasteiger charge is -2.01. The van der Waals surface area contributed by atoms with E-state index in [4.69, 9.17) is 0 Å². The summed E-state index contributed by atoms with van der Waals surface area (Å²) in [6, 6.07) is 0. The van der Waals surface area contributed by atoms with E-state index >= 15 is 0 Å². The highest BCUT2D eigenvalue weighted by Gasteiger charge is 1.94. The molecule has 0 saturated heterocycles. The smallest absolute Gasteiger partial charge is 0.0357 e. The molecule has 0 aromatic carbocycles. The van der Waals surface area contributed by atoms with Crippen molar-refractivity contribution < 1.29 is 0 Å². The van der Waals surface area contributed by atoms with Gasteiger partial charge >= 0.3 is 0 Å². The Bertz CT molecular complexity index is 185. The second-order valence-electron chi connectivity index (χ2n) is 2.94. The highest BCUT2D eigenvalue weighted by molar-refractivity contribution is 5.78. The average molecular weight is 151 g/mol. The van der Waals surface area contributed by atoms with Crippen LogP contribution in [0.4, 0.5) is 0 Å². The van der Waals surface area contributed by atoms with Gasteiger partial charge in [-0.2, -0.15) is 0 Å². The van der Waals surface area contributed by atoms with Gasteiger partial charge in [0, 0.05) is 11.9 Å². The molecule has 0 unspecified atom stereocenters. The first kappa shape index (κ1) is 10.2. The molecule has 0 fully saturated rings. The molecule has 0 aromatic rings. The molecule has 0 aliphatic rings. The van der Waals surface area contributed by atoms with Crippen LogP contribution in [0.5, 0.6) is 0 Å². The Balaban J connectivity index is 4.04. The molecule has 0 radical (unpaired) electrons. The van der Waals surface area contributed by atoms with Crippen LogP contribution in [0.3, 0.4) is 0 Å². The predicted molar refractivity (Wildman–Crippen MR) is 51.9 cm³/mol. The molecule has 1 nitrogen and oxygen atoms in total. The summed E-state index contributed by atoms with van der Waals surface area (Å²) < 4.78 is 0. The highest BCUT2D eigenvalue weighted by atomic mass is 14.7. The molecule has 62 valence electrons. The van der Waals surface area contributed by atoms with Crippen molar-refractivity contribution in [2.75, 3.05) is 0 Å². The van der Waals surface area contributed by atoms with Gasteiger partial charge in [-0.25, -0.2) is 0 Å². The van der Waals surface area contributed by atoms with Crippen LogP contribution < -0.4 is 0 Å². The number of hydrogen-bond acceptors (Lipinski definition) is 1. The minimum Gasteiger partial charge on any atom is -0.261 e. The summed E-state index contributed by atoms with van der Waals surface area (Å²) in [7, 11) is 0. The van der Waals surface area contributed by atoms with Crippen LogP contribution in [0.15, 0.2) is 28.9 Å². The third-order valence-corrected chi connectivity index (χ3v) is 1.56. The fourth-order valence-corrected chi connectivity index (χ4v) is 0.408. The highest BCUT2D eigenvalue weighted by Crippen LogP contribution is 2.07. The lowest BCUT2D eigenvalue weighted by molar-refractivity contribution is 0.763. The molecule has 1 heteroatoms. The van der Waals surface area contributed by atoms with Crippen molar-refractivity contribution in [2.24, 2.45) is 10.9 Å². The maximum Gasteiger partial charge on any atom is 0.0357 e. The first-order valence-corrected chi connectivity index (χ1v) is 3.93. The molecule has 11 heavy (non-hydrogen) atoms. The van der Waals surface area contributed by atoms with Crippen LogP contribution in [0.25, 0.3) is 0 Å². The van der Waals surface area contributed by atoms with Gasteiger partial charge < -0.3 is 0 Å². The summed E-state index contributed by atoms with van der Waals surface area (Å²) in [5, 5.41) is 0. The van der Waals surface area contributed by atoms with E-state index in [-0.39, 0.29) is 0 Å². The van der Waals surface area contributed by atoms with E-state index in [1.165, 1.54) is 5.57 Å². The van der Waals surface area contributed by atoms with Crippen LogP contribution in [0.2, 0.25) is 0 Å². The predicted octanol–water partition coefficient (Wildman–Crippen LogP) is 3.19. The molecule has 0 heterocycles. The average Bonchev–Trinajstić information content (AvgIpc) is 1.99. The van der Waals surface area contributed by atoms with E-state index in [9.17, 15) is 0 Å². The minimum absolute atomic E-state index is 0.441. The van der Waals surface area contributed by atoms with Crippen molar-refractivity contribution in [2.45, 2.75) is 27.7 Å². The first-order chi connectivity index (χ1) is 5.07. The number of nitrogens with zero attached hydrogens (tertiary/aromatic N) is 1. The van der Waals surface area contributed by atoms with E-state index in [1.54, 1.807) is 0 Å².